The van der Waals surface area contributed by atoms with Crippen LogP contribution in [0.2, 0.25) is 0 Å². The molecule has 2 saturated carbocycles. The van der Waals surface area contributed by atoms with Crippen LogP contribution in [0.15, 0.2) is 24.3 Å². The Morgan fingerprint density at radius 3 is 2.97 bits per heavy atom. The Kier molecular flexibility index (Phi) is 5.64. The van der Waals surface area contributed by atoms with Crippen molar-refractivity contribution >= 4 is 6.09 Å². The van der Waals surface area contributed by atoms with E-state index in [1.807, 2.05) is 6.07 Å². The van der Waals surface area contributed by atoms with Crippen LogP contribution < -0.4 is 5.73 Å². The fourth-order valence-electron chi connectivity index (χ4n) is 7.73. The molecule has 8 heteroatoms. The van der Waals surface area contributed by atoms with Crippen molar-refractivity contribution in [1.82, 2.24) is 19.4 Å². The van der Waals surface area contributed by atoms with Gasteiger partial charge in [-0.25, -0.2) is 14.2 Å². The highest BCUT2D eigenvalue weighted by molar-refractivity contribution is 5.67. The number of aromatic nitrogens is 2. The Labute approximate surface area is 206 Å². The first kappa shape index (κ1) is 23.0. The molecule has 188 valence electrons. The molecule has 0 radical (unpaired) electrons. The van der Waals surface area contributed by atoms with Crippen LogP contribution in [-0.4, -0.2) is 57.7 Å². The number of rotatable bonds is 6. The van der Waals surface area contributed by atoms with Crippen molar-refractivity contribution in [3.63, 3.8) is 0 Å². The highest BCUT2D eigenvalue weighted by atomic mass is 19.1. The lowest BCUT2D eigenvalue weighted by atomic mass is 9.53. The first-order valence-corrected chi connectivity index (χ1v) is 13.1. The number of imidazole rings is 1. The van der Waals surface area contributed by atoms with E-state index in [1.165, 1.54) is 44.6 Å². The summed E-state index contributed by atoms with van der Waals surface area (Å²) in [5.74, 6) is 0.861. The van der Waals surface area contributed by atoms with Gasteiger partial charge in [0.1, 0.15) is 11.6 Å². The van der Waals surface area contributed by atoms with Crippen molar-refractivity contribution < 1.29 is 13.9 Å². The Bertz CT molecular complexity index is 1130. The van der Waals surface area contributed by atoms with Gasteiger partial charge in [0.2, 0.25) is 0 Å². The summed E-state index contributed by atoms with van der Waals surface area (Å²) in [6, 6.07) is 8.42. The number of benzene rings is 1. The quantitative estimate of drug-likeness (QED) is 0.672. The van der Waals surface area contributed by atoms with Gasteiger partial charge in [0.15, 0.2) is 0 Å². The monoisotopic (exact) mass is 481 g/mol. The minimum Gasteiger partial charge on any atom is -0.453 e. The average molecular weight is 482 g/mol. The molecule has 4 unspecified atom stereocenters. The summed E-state index contributed by atoms with van der Waals surface area (Å²) in [4.78, 5) is 21.4. The summed E-state index contributed by atoms with van der Waals surface area (Å²) in [6.07, 6.45) is 7.53. The van der Waals surface area contributed by atoms with Gasteiger partial charge in [0.25, 0.3) is 0 Å². The van der Waals surface area contributed by atoms with Crippen LogP contribution in [0.25, 0.3) is 0 Å². The van der Waals surface area contributed by atoms with E-state index in [2.05, 4.69) is 16.4 Å². The van der Waals surface area contributed by atoms with Gasteiger partial charge < -0.3 is 19.9 Å². The number of aryl methyl sites for hydroxylation is 1. The normalized spacial score (nSPS) is 30.1. The Hall–Kier alpha value is -2.45. The van der Waals surface area contributed by atoms with E-state index in [1.54, 1.807) is 17.0 Å². The number of likely N-dealkylation sites (tertiary alicyclic amines) is 1. The fraction of sp³-hybridized carbons (Fsp3) is 0.630. The fourth-order valence-corrected chi connectivity index (χ4v) is 7.73. The van der Waals surface area contributed by atoms with Crippen molar-refractivity contribution in [3.05, 3.63) is 52.9 Å². The number of amides is 1. The molecule has 35 heavy (non-hydrogen) atoms. The first-order valence-electron chi connectivity index (χ1n) is 13.1. The number of ether oxygens (including phenoxy) is 1. The van der Waals surface area contributed by atoms with Crippen molar-refractivity contribution in [1.29, 1.82) is 0 Å². The number of hydrogen-bond donors (Lipinski definition) is 1. The molecule has 1 aromatic heterocycles. The second kappa shape index (κ2) is 8.59. The predicted molar refractivity (Wildman–Crippen MR) is 130 cm³/mol. The molecule has 1 aromatic carbocycles. The number of fused-ring (bicyclic) bond motifs is 1. The molecule has 3 fully saturated rings. The topological polar surface area (TPSA) is 76.6 Å². The minimum atomic E-state index is -0.272. The molecule has 6 rings (SSSR count). The van der Waals surface area contributed by atoms with Crippen LogP contribution in [-0.2, 0) is 17.7 Å². The third-order valence-corrected chi connectivity index (χ3v) is 9.36. The molecule has 2 aliphatic carbocycles. The molecule has 1 amide bonds. The summed E-state index contributed by atoms with van der Waals surface area (Å²) in [5.41, 5.74) is 10.1. The highest BCUT2D eigenvalue weighted by Gasteiger charge is 2.69. The van der Waals surface area contributed by atoms with E-state index in [-0.39, 0.29) is 18.0 Å². The molecular weight excluding hydrogens is 445 g/mol. The molecule has 4 aliphatic rings. The number of piperidine rings is 1. The maximum atomic E-state index is 13.6. The molecule has 2 N–H and O–H groups in total. The van der Waals surface area contributed by atoms with E-state index in [0.717, 1.165) is 42.9 Å². The zero-order valence-electron chi connectivity index (χ0n) is 20.8. The Morgan fingerprint density at radius 1 is 1.37 bits per heavy atom. The standard InChI is InChI=1S/C27H36FN5O2/c1-17-30-22-16-31(26(34)35-2)12-9-23(22)33(17)20-14-25-27(15-20)10-8-24(27)32(25)11-4-7-21(29)18-5-3-6-19(28)13-18/h3,5-6,13,20-21,24-25H,4,7-12,14-16,29H2,1-2H3/t20?,21-,24?,25?,27?/m0/s1. The van der Waals surface area contributed by atoms with Crippen molar-refractivity contribution in [2.75, 3.05) is 20.2 Å². The minimum absolute atomic E-state index is 0.112. The molecule has 0 bridgehead atoms. The van der Waals surface area contributed by atoms with Crippen molar-refractivity contribution in [3.8, 4) is 0 Å². The van der Waals surface area contributed by atoms with Gasteiger partial charge in [0, 0.05) is 48.2 Å². The molecule has 3 heterocycles. The second-order valence-electron chi connectivity index (χ2n) is 11.0. The maximum absolute atomic E-state index is 13.6. The highest BCUT2D eigenvalue weighted by Crippen LogP contribution is 2.67. The number of carbonyl (C=O) groups excluding carboxylic acids is 1. The van der Waals surface area contributed by atoms with Gasteiger partial charge in [-0.1, -0.05) is 12.1 Å². The van der Waals surface area contributed by atoms with E-state index in [9.17, 15) is 9.18 Å². The predicted octanol–water partition coefficient (Wildman–Crippen LogP) is 4.10. The smallest absolute Gasteiger partial charge is 0.409 e. The summed E-state index contributed by atoms with van der Waals surface area (Å²) in [5, 5.41) is 0. The molecule has 2 aromatic rings. The van der Waals surface area contributed by atoms with Gasteiger partial charge in [-0.3, -0.25) is 4.90 Å². The van der Waals surface area contributed by atoms with Gasteiger partial charge in [0.05, 0.1) is 19.3 Å². The third-order valence-electron chi connectivity index (χ3n) is 9.36. The summed E-state index contributed by atoms with van der Waals surface area (Å²) >= 11 is 0. The number of nitrogens with two attached hydrogens (primary N) is 1. The summed E-state index contributed by atoms with van der Waals surface area (Å²) < 4.78 is 21.0. The lowest BCUT2D eigenvalue weighted by Crippen LogP contribution is -2.74. The molecule has 1 saturated heterocycles. The van der Waals surface area contributed by atoms with Gasteiger partial charge >= 0.3 is 6.09 Å². The summed E-state index contributed by atoms with van der Waals surface area (Å²) in [6.45, 7) is 4.41. The zero-order chi connectivity index (χ0) is 24.3. The Morgan fingerprint density at radius 2 is 2.23 bits per heavy atom. The van der Waals surface area contributed by atoms with Crippen LogP contribution in [0, 0.1) is 18.2 Å². The number of carbonyl (C=O) groups is 1. The lowest BCUT2D eigenvalue weighted by molar-refractivity contribution is -0.188. The van der Waals surface area contributed by atoms with Crippen molar-refractivity contribution in [2.45, 2.75) is 82.6 Å². The number of hydrogen-bond acceptors (Lipinski definition) is 5. The van der Waals surface area contributed by atoms with E-state index in [0.29, 0.717) is 36.6 Å². The van der Waals surface area contributed by atoms with E-state index < -0.39 is 0 Å². The largest absolute Gasteiger partial charge is 0.453 e. The van der Waals surface area contributed by atoms with Crippen LogP contribution in [0.4, 0.5) is 9.18 Å². The zero-order valence-corrected chi connectivity index (χ0v) is 20.8. The van der Waals surface area contributed by atoms with Gasteiger partial charge in [-0.15, -0.1) is 0 Å². The van der Waals surface area contributed by atoms with Crippen LogP contribution in [0.5, 0.6) is 0 Å². The molecule has 2 aliphatic heterocycles. The first-order chi connectivity index (χ1) is 16.9. The van der Waals surface area contributed by atoms with Crippen molar-refractivity contribution in [2.24, 2.45) is 11.1 Å². The van der Waals surface area contributed by atoms with E-state index >= 15 is 0 Å². The Balaban J connectivity index is 1.11. The van der Waals surface area contributed by atoms with Crippen LogP contribution in [0.3, 0.4) is 0 Å². The SMILES string of the molecule is COC(=O)N1CCc2c(nc(C)n2C2CC3N(CCC[C@H](N)c4cccc(F)c4)C4CCC43C2)C1. The summed E-state index contributed by atoms with van der Waals surface area (Å²) in [7, 11) is 1.44. The lowest BCUT2D eigenvalue weighted by Gasteiger charge is -2.68. The van der Waals surface area contributed by atoms with Crippen LogP contribution >= 0.6 is 0 Å². The number of halogens is 1. The third kappa shape index (κ3) is 3.59. The molecule has 7 nitrogen and oxygen atoms in total. The van der Waals surface area contributed by atoms with E-state index in [4.69, 9.17) is 15.5 Å². The maximum Gasteiger partial charge on any atom is 0.409 e. The average Bonchev–Trinajstić information content (AvgIpc) is 3.38. The number of methoxy groups -OCH3 is 1. The number of nitrogens with zero attached hydrogens (tertiary/aromatic N) is 4. The molecule has 5 atom stereocenters. The van der Waals surface area contributed by atoms with Gasteiger partial charge in [-0.05, 0) is 69.7 Å². The second-order valence-corrected chi connectivity index (χ2v) is 11.0. The molecular formula is C27H36FN5O2. The van der Waals surface area contributed by atoms with Gasteiger partial charge in [-0.2, -0.15) is 0 Å². The molecule has 1 spiro atoms. The van der Waals surface area contributed by atoms with Crippen LogP contribution in [0.1, 0.15) is 73.4 Å².